The van der Waals surface area contributed by atoms with E-state index in [1.807, 2.05) is 27.2 Å². The number of rotatable bonds is 7. The molecule has 0 aromatic carbocycles. The Morgan fingerprint density at radius 1 is 1.15 bits per heavy atom. The Labute approximate surface area is 238 Å². The number of carbonyl (C=O) groups excluding carboxylic acids is 3. The summed E-state index contributed by atoms with van der Waals surface area (Å²) < 4.78 is 0.550. The van der Waals surface area contributed by atoms with E-state index in [0.29, 0.717) is 42.2 Å². The van der Waals surface area contributed by atoms with Gasteiger partial charge in [-0.15, -0.1) is 0 Å². The summed E-state index contributed by atoms with van der Waals surface area (Å²) in [6, 6.07) is 0. The molecule has 3 saturated carbocycles. The SMILES string of the molecule is C[C@]12C[C@H](O)[C@H]3[C@@H](CCC4=CC(=O)CC[C@@]43C)[C@@H]1CC[C@@H]2C(=O)CO.C[N+](C)(C)C[C@H](O)CC(=O)[O-].NCCO. The highest BCUT2D eigenvalue weighted by Crippen LogP contribution is 2.66. The molecular formula is C30H52N2O8. The maximum Gasteiger partial charge on any atom is 0.161 e. The number of carbonyl (C=O) groups is 3. The summed E-state index contributed by atoms with van der Waals surface area (Å²) in [5, 5.41) is 47.4. The van der Waals surface area contributed by atoms with Crippen LogP contribution in [0.4, 0.5) is 0 Å². The van der Waals surface area contributed by atoms with Crippen LogP contribution in [0.25, 0.3) is 0 Å². The lowest BCUT2D eigenvalue weighted by Crippen LogP contribution is -2.57. The van der Waals surface area contributed by atoms with E-state index in [1.54, 1.807) is 0 Å². The van der Waals surface area contributed by atoms with Crippen LogP contribution in [-0.2, 0) is 14.4 Å². The molecular weight excluding hydrogens is 516 g/mol. The smallest absolute Gasteiger partial charge is 0.161 e. The van der Waals surface area contributed by atoms with Gasteiger partial charge in [-0.2, -0.15) is 0 Å². The summed E-state index contributed by atoms with van der Waals surface area (Å²) >= 11 is 0. The van der Waals surface area contributed by atoms with Crippen LogP contribution in [0, 0.1) is 34.5 Å². The Hall–Kier alpha value is -1.69. The number of hydrogen-bond donors (Lipinski definition) is 5. The zero-order valence-corrected chi connectivity index (χ0v) is 25.0. The Balaban J connectivity index is 0.000000314. The van der Waals surface area contributed by atoms with Gasteiger partial charge in [-0.1, -0.05) is 19.4 Å². The van der Waals surface area contributed by atoms with Crippen LogP contribution < -0.4 is 10.8 Å². The number of nitrogens with zero attached hydrogens (tertiary/aromatic N) is 1. The highest BCUT2D eigenvalue weighted by atomic mass is 16.4. The molecule has 0 spiro atoms. The number of Topliss-reactive ketones (excluding diaryl/α,β-unsaturated/α-hetero) is 1. The van der Waals surface area contributed by atoms with Crippen molar-refractivity contribution in [2.24, 2.45) is 40.2 Å². The fraction of sp³-hybridized carbons (Fsp3) is 0.833. The van der Waals surface area contributed by atoms with E-state index in [1.165, 1.54) is 5.57 Å². The number of likely N-dealkylation sites (N-methyl/N-ethyl adjacent to an activating group) is 1. The molecule has 0 radical (unpaired) electrons. The number of carboxylic acids is 1. The number of allylic oxidation sites excluding steroid dienone is 1. The molecule has 6 N–H and O–H groups in total. The number of carboxylic acid groups (broad SMARTS) is 1. The fourth-order valence-electron chi connectivity index (χ4n) is 8.22. The number of aliphatic hydroxyl groups is 4. The molecule has 0 amide bonds. The van der Waals surface area contributed by atoms with Crippen molar-refractivity contribution in [2.45, 2.75) is 77.4 Å². The van der Waals surface area contributed by atoms with Crippen molar-refractivity contribution < 1.29 is 44.4 Å². The first kappa shape index (κ1) is 34.5. The highest BCUT2D eigenvalue weighted by Gasteiger charge is 2.62. The van der Waals surface area contributed by atoms with Crippen LogP contribution >= 0.6 is 0 Å². The number of quaternary nitrogens is 1. The zero-order chi connectivity index (χ0) is 30.5. The third-order valence-corrected chi connectivity index (χ3v) is 9.73. The van der Waals surface area contributed by atoms with E-state index >= 15 is 0 Å². The Morgan fingerprint density at radius 2 is 1.77 bits per heavy atom. The topological polar surface area (TPSA) is 181 Å². The molecule has 0 heterocycles. The second-order valence-electron chi connectivity index (χ2n) is 13.6. The van der Waals surface area contributed by atoms with Crippen molar-refractivity contribution >= 4 is 17.5 Å². The lowest BCUT2D eigenvalue weighted by atomic mass is 9.46. The molecule has 3 fully saturated rings. The second kappa shape index (κ2) is 14.0. The zero-order valence-electron chi connectivity index (χ0n) is 25.0. The van der Waals surface area contributed by atoms with Gasteiger partial charge in [0.2, 0.25) is 0 Å². The molecule has 230 valence electrons. The van der Waals surface area contributed by atoms with Gasteiger partial charge in [-0.3, -0.25) is 9.59 Å². The van der Waals surface area contributed by atoms with Gasteiger partial charge >= 0.3 is 0 Å². The third-order valence-electron chi connectivity index (χ3n) is 9.73. The lowest BCUT2D eigenvalue weighted by Gasteiger charge is -2.59. The first-order chi connectivity index (χ1) is 18.5. The summed E-state index contributed by atoms with van der Waals surface area (Å²) in [6.07, 6.45) is 6.23. The second-order valence-corrected chi connectivity index (χ2v) is 13.6. The van der Waals surface area contributed by atoms with E-state index in [-0.39, 0.29) is 53.9 Å². The number of hydrogen-bond acceptors (Lipinski definition) is 9. The van der Waals surface area contributed by atoms with Gasteiger partial charge in [0.15, 0.2) is 11.6 Å². The van der Waals surface area contributed by atoms with E-state index in [4.69, 9.17) is 15.9 Å². The predicted octanol–water partition coefficient (Wildman–Crippen LogP) is -0.202. The molecule has 8 atom stereocenters. The van der Waals surface area contributed by atoms with Crippen molar-refractivity contribution in [3.05, 3.63) is 11.6 Å². The number of nitrogens with two attached hydrogens (primary N) is 1. The van der Waals surface area contributed by atoms with Gasteiger partial charge in [0.25, 0.3) is 0 Å². The molecule has 0 aromatic heterocycles. The van der Waals surface area contributed by atoms with Crippen molar-refractivity contribution in [1.82, 2.24) is 0 Å². The van der Waals surface area contributed by atoms with Crippen molar-refractivity contribution in [3.8, 4) is 0 Å². The van der Waals surface area contributed by atoms with Crippen LogP contribution in [0.5, 0.6) is 0 Å². The Morgan fingerprint density at radius 3 is 2.30 bits per heavy atom. The van der Waals surface area contributed by atoms with Gasteiger partial charge in [-0.25, -0.2) is 0 Å². The van der Waals surface area contributed by atoms with Crippen LogP contribution in [0.2, 0.25) is 0 Å². The van der Waals surface area contributed by atoms with E-state index in [2.05, 4.69) is 13.8 Å². The minimum absolute atomic E-state index is 0.0541. The minimum atomic E-state index is -1.20. The lowest BCUT2D eigenvalue weighted by molar-refractivity contribution is -0.873. The van der Waals surface area contributed by atoms with Crippen molar-refractivity contribution in [2.75, 3.05) is 47.4 Å². The molecule has 0 aromatic rings. The predicted molar refractivity (Wildman–Crippen MR) is 148 cm³/mol. The number of aliphatic hydroxyl groups excluding tert-OH is 4. The van der Waals surface area contributed by atoms with Gasteiger partial charge in [0.05, 0.1) is 33.9 Å². The Kier molecular flexibility index (Phi) is 12.1. The normalized spacial score (nSPS) is 35.4. The van der Waals surface area contributed by atoms with Crippen LogP contribution in [0.1, 0.15) is 65.2 Å². The average Bonchev–Trinajstić information content (AvgIpc) is 3.19. The standard InChI is InChI=1S/C21H30O4.C7H15NO3.C2H7NO/c1-20-8-7-13(23)9-12(20)3-4-14-15-5-6-16(18(25)11-22)21(15,2)10-17(24)19(14)20;1-8(2,3)5-6(9)4-7(10)11;3-1-2-4/h9,14-17,19,22,24H,3-8,10-11H2,1-2H3;6,9H,4-5H2,1-3H3;4H,1-3H2/t14-,15-,16+,17-,19+,20-,21-;6-;/m01./s1. The summed E-state index contributed by atoms with van der Waals surface area (Å²) in [7, 11) is 5.66. The summed E-state index contributed by atoms with van der Waals surface area (Å²) in [5.74, 6) is -0.0848. The van der Waals surface area contributed by atoms with Crippen LogP contribution in [-0.4, -0.2) is 102 Å². The minimum Gasteiger partial charge on any atom is -0.550 e. The van der Waals surface area contributed by atoms with Gasteiger partial charge in [0.1, 0.15) is 19.3 Å². The number of ketones is 2. The quantitative estimate of drug-likeness (QED) is 0.260. The third kappa shape index (κ3) is 7.98. The largest absolute Gasteiger partial charge is 0.550 e. The van der Waals surface area contributed by atoms with Gasteiger partial charge < -0.3 is 40.5 Å². The maximum absolute atomic E-state index is 12.3. The maximum atomic E-state index is 12.3. The number of fused-ring (bicyclic) bond motifs is 5. The summed E-state index contributed by atoms with van der Waals surface area (Å²) in [5.41, 5.74) is 5.76. The summed E-state index contributed by atoms with van der Waals surface area (Å²) in [6.45, 7) is 4.93. The molecule has 0 unspecified atom stereocenters. The summed E-state index contributed by atoms with van der Waals surface area (Å²) in [4.78, 5) is 34.2. The molecule has 0 bridgehead atoms. The molecule has 10 heteroatoms. The van der Waals surface area contributed by atoms with Gasteiger partial charge in [-0.05, 0) is 73.2 Å². The first-order valence-corrected chi connectivity index (χ1v) is 14.6. The molecule has 10 nitrogen and oxygen atoms in total. The van der Waals surface area contributed by atoms with Crippen LogP contribution in [0.3, 0.4) is 0 Å². The molecule has 4 rings (SSSR count). The van der Waals surface area contributed by atoms with Gasteiger partial charge in [0, 0.05) is 31.3 Å². The van der Waals surface area contributed by atoms with E-state index in [0.717, 1.165) is 32.1 Å². The highest BCUT2D eigenvalue weighted by molar-refractivity contribution is 5.91. The number of aliphatic carboxylic acids is 1. The van der Waals surface area contributed by atoms with E-state index in [9.17, 15) is 29.7 Å². The van der Waals surface area contributed by atoms with Crippen LogP contribution in [0.15, 0.2) is 11.6 Å². The molecule has 4 aliphatic rings. The fourth-order valence-corrected chi connectivity index (χ4v) is 8.22. The van der Waals surface area contributed by atoms with E-state index < -0.39 is 18.2 Å². The molecule has 4 aliphatic carbocycles. The first-order valence-electron chi connectivity index (χ1n) is 14.6. The Bertz CT molecular complexity index is 929. The molecule has 0 saturated heterocycles. The monoisotopic (exact) mass is 568 g/mol. The molecule has 0 aliphatic heterocycles. The average molecular weight is 569 g/mol. The molecule has 40 heavy (non-hydrogen) atoms. The van der Waals surface area contributed by atoms with Crippen molar-refractivity contribution in [1.29, 1.82) is 0 Å². The van der Waals surface area contributed by atoms with Crippen molar-refractivity contribution in [3.63, 3.8) is 0 Å².